The molecule has 1 aliphatic carbocycles. The van der Waals surface area contributed by atoms with Crippen LogP contribution in [-0.2, 0) is 12.3 Å². The Morgan fingerprint density at radius 3 is 3.10 bits per heavy atom. The van der Waals surface area contributed by atoms with Crippen molar-refractivity contribution >= 4 is 11.8 Å². The lowest BCUT2D eigenvalue weighted by Crippen LogP contribution is -2.22. The first-order valence-corrected chi connectivity index (χ1v) is 7.70. The van der Waals surface area contributed by atoms with Crippen LogP contribution in [0.25, 0.3) is 0 Å². The molecule has 0 radical (unpaired) electrons. The monoisotopic (exact) mass is 291 g/mol. The van der Waals surface area contributed by atoms with Crippen molar-refractivity contribution in [1.29, 1.82) is 0 Å². The van der Waals surface area contributed by atoms with Crippen molar-refractivity contribution < 1.29 is 5.11 Å². The van der Waals surface area contributed by atoms with Gasteiger partial charge in [0.05, 0.1) is 6.54 Å². The van der Waals surface area contributed by atoms with E-state index in [-0.39, 0.29) is 5.75 Å². The fraction of sp³-hybridized carbons (Fsp3) is 0.462. The molecule has 1 fully saturated rings. The van der Waals surface area contributed by atoms with Crippen LogP contribution in [0.3, 0.4) is 0 Å². The Morgan fingerprint density at radius 2 is 2.30 bits per heavy atom. The average Bonchev–Trinajstić information content (AvgIpc) is 3.15. The second kappa shape index (κ2) is 6.23. The smallest absolute Gasteiger partial charge is 0.209 e. The van der Waals surface area contributed by atoms with Gasteiger partial charge in [-0.15, -0.1) is 5.10 Å². The lowest BCUT2D eigenvalue weighted by atomic mass is 10.2. The number of nitrogens with one attached hydrogen (secondary N) is 1. The number of benzene rings is 1. The highest BCUT2D eigenvalue weighted by Crippen LogP contribution is 2.22. The largest absolute Gasteiger partial charge is 0.508 e. The van der Waals surface area contributed by atoms with Crippen LogP contribution < -0.4 is 5.32 Å². The third kappa shape index (κ3) is 3.71. The maximum absolute atomic E-state index is 9.44. The highest BCUT2D eigenvalue weighted by molar-refractivity contribution is 7.98. The molecule has 1 aromatic carbocycles. The molecule has 1 aliphatic rings. The summed E-state index contributed by atoms with van der Waals surface area (Å²) in [5.41, 5.74) is 1.06. The van der Waals surface area contributed by atoms with E-state index >= 15 is 0 Å². The van der Waals surface area contributed by atoms with Gasteiger partial charge in [-0.1, -0.05) is 23.9 Å². The second-order valence-electron chi connectivity index (χ2n) is 4.87. The molecular formula is C13H17N5OS. The van der Waals surface area contributed by atoms with Crippen LogP contribution in [0.4, 0.5) is 0 Å². The highest BCUT2D eigenvalue weighted by Gasteiger charge is 2.20. The maximum atomic E-state index is 9.44. The minimum Gasteiger partial charge on any atom is -0.508 e. The summed E-state index contributed by atoms with van der Waals surface area (Å²) in [6.07, 6.45) is 2.57. The summed E-state index contributed by atoms with van der Waals surface area (Å²) in [4.78, 5) is 0. The molecule has 106 valence electrons. The summed E-state index contributed by atoms with van der Waals surface area (Å²) in [7, 11) is 0. The number of aromatic hydroxyl groups is 1. The minimum atomic E-state index is 0.288. The van der Waals surface area contributed by atoms with E-state index in [1.54, 1.807) is 23.9 Å². The number of phenolic OH excluding ortho intramolecular Hbond substituents is 1. The van der Waals surface area contributed by atoms with Gasteiger partial charge in [0.2, 0.25) is 5.16 Å². The topological polar surface area (TPSA) is 75.9 Å². The molecule has 0 aliphatic heterocycles. The molecule has 2 aromatic rings. The number of nitrogens with zero attached hydrogens (tertiary/aromatic N) is 4. The molecule has 0 atom stereocenters. The van der Waals surface area contributed by atoms with Gasteiger partial charge in [-0.2, -0.15) is 0 Å². The summed E-state index contributed by atoms with van der Waals surface area (Å²) in [6.45, 7) is 1.68. The van der Waals surface area contributed by atoms with Crippen molar-refractivity contribution in [2.45, 2.75) is 36.3 Å². The normalized spacial score (nSPS) is 14.6. The number of aromatic nitrogens is 4. The highest BCUT2D eigenvalue weighted by atomic mass is 32.2. The van der Waals surface area contributed by atoms with E-state index in [1.165, 1.54) is 12.8 Å². The molecule has 6 nitrogen and oxygen atoms in total. The molecular weight excluding hydrogens is 274 g/mol. The molecule has 1 heterocycles. The molecule has 2 N–H and O–H groups in total. The zero-order valence-electron chi connectivity index (χ0n) is 11.1. The van der Waals surface area contributed by atoms with Gasteiger partial charge >= 0.3 is 0 Å². The Balaban J connectivity index is 1.52. The zero-order chi connectivity index (χ0) is 13.8. The van der Waals surface area contributed by atoms with E-state index in [2.05, 4.69) is 20.8 Å². The van der Waals surface area contributed by atoms with Crippen LogP contribution in [-0.4, -0.2) is 37.9 Å². The summed E-state index contributed by atoms with van der Waals surface area (Å²) >= 11 is 1.58. The SMILES string of the molecule is Oc1cccc(CSc2nnnn2CCNC2CC2)c1. The van der Waals surface area contributed by atoms with E-state index in [0.29, 0.717) is 6.04 Å². The van der Waals surface area contributed by atoms with Crippen molar-refractivity contribution in [3.8, 4) is 5.75 Å². The van der Waals surface area contributed by atoms with E-state index in [9.17, 15) is 5.11 Å². The van der Waals surface area contributed by atoms with E-state index in [1.807, 2.05) is 16.8 Å². The molecule has 0 spiro atoms. The molecule has 0 saturated heterocycles. The van der Waals surface area contributed by atoms with E-state index < -0.39 is 0 Å². The van der Waals surface area contributed by atoms with E-state index in [0.717, 1.165) is 29.6 Å². The van der Waals surface area contributed by atoms with Crippen LogP contribution in [0.2, 0.25) is 0 Å². The Morgan fingerprint density at radius 1 is 1.40 bits per heavy atom. The van der Waals surface area contributed by atoms with Crippen LogP contribution >= 0.6 is 11.8 Å². The summed E-state index contributed by atoms with van der Waals surface area (Å²) in [5.74, 6) is 1.03. The molecule has 1 saturated carbocycles. The van der Waals surface area contributed by atoms with Crippen LogP contribution in [0.15, 0.2) is 29.4 Å². The first kappa shape index (κ1) is 13.4. The van der Waals surface area contributed by atoms with Gasteiger partial charge in [0.25, 0.3) is 0 Å². The fourth-order valence-corrected chi connectivity index (χ4v) is 2.74. The zero-order valence-corrected chi connectivity index (χ0v) is 11.9. The van der Waals surface area contributed by atoms with Crippen molar-refractivity contribution in [2.24, 2.45) is 0 Å². The number of tetrazole rings is 1. The predicted octanol–water partition coefficient (Wildman–Crippen LogP) is 1.42. The molecule has 20 heavy (non-hydrogen) atoms. The first-order chi connectivity index (χ1) is 9.81. The summed E-state index contributed by atoms with van der Waals surface area (Å²) in [5, 5.41) is 25.5. The molecule has 1 aromatic heterocycles. The molecule has 7 heteroatoms. The quantitative estimate of drug-likeness (QED) is 0.752. The molecule has 0 bridgehead atoms. The van der Waals surface area contributed by atoms with Gasteiger partial charge in [-0.05, 0) is 41.0 Å². The van der Waals surface area contributed by atoms with Crippen molar-refractivity contribution in [3.63, 3.8) is 0 Å². The number of hydrogen-bond acceptors (Lipinski definition) is 6. The average molecular weight is 291 g/mol. The minimum absolute atomic E-state index is 0.288. The van der Waals surface area contributed by atoms with Gasteiger partial charge in [0.1, 0.15) is 5.75 Å². The van der Waals surface area contributed by atoms with Gasteiger partial charge in [0.15, 0.2) is 0 Å². The lowest BCUT2D eigenvalue weighted by molar-refractivity contribution is 0.475. The van der Waals surface area contributed by atoms with Gasteiger partial charge in [0, 0.05) is 18.3 Å². The van der Waals surface area contributed by atoms with Crippen LogP contribution in [0, 0.1) is 0 Å². The lowest BCUT2D eigenvalue weighted by Gasteiger charge is -2.05. The number of rotatable bonds is 7. The number of hydrogen-bond donors (Lipinski definition) is 2. The molecule has 0 unspecified atom stereocenters. The fourth-order valence-electron chi connectivity index (χ4n) is 1.90. The summed E-state index contributed by atoms with van der Waals surface area (Å²) < 4.78 is 1.82. The Bertz CT molecular complexity index is 569. The van der Waals surface area contributed by atoms with Crippen LogP contribution in [0.5, 0.6) is 5.75 Å². The maximum Gasteiger partial charge on any atom is 0.209 e. The standard InChI is InChI=1S/C13H17N5OS/c19-12-3-1-2-10(8-12)9-20-13-15-16-17-18(13)7-6-14-11-4-5-11/h1-3,8,11,14,19H,4-7,9H2. The molecule has 0 amide bonds. The van der Waals surface area contributed by atoms with Crippen molar-refractivity contribution in [2.75, 3.05) is 6.54 Å². The second-order valence-corrected chi connectivity index (χ2v) is 5.81. The van der Waals surface area contributed by atoms with Gasteiger partial charge < -0.3 is 10.4 Å². The van der Waals surface area contributed by atoms with Gasteiger partial charge in [-0.3, -0.25) is 0 Å². The first-order valence-electron chi connectivity index (χ1n) is 6.71. The Kier molecular flexibility index (Phi) is 4.17. The van der Waals surface area contributed by atoms with Crippen molar-refractivity contribution in [3.05, 3.63) is 29.8 Å². The van der Waals surface area contributed by atoms with Gasteiger partial charge in [-0.25, -0.2) is 4.68 Å². The third-order valence-electron chi connectivity index (χ3n) is 3.11. The Labute approximate surface area is 121 Å². The predicted molar refractivity (Wildman–Crippen MR) is 76.5 cm³/mol. The third-order valence-corrected chi connectivity index (χ3v) is 4.14. The number of phenols is 1. The van der Waals surface area contributed by atoms with Crippen LogP contribution in [0.1, 0.15) is 18.4 Å². The molecule has 3 rings (SSSR count). The summed E-state index contributed by atoms with van der Waals surface area (Å²) in [6, 6.07) is 7.95. The number of thioether (sulfide) groups is 1. The van der Waals surface area contributed by atoms with Crippen molar-refractivity contribution in [1.82, 2.24) is 25.5 Å². The van der Waals surface area contributed by atoms with E-state index in [4.69, 9.17) is 0 Å². The Hall–Kier alpha value is -1.60.